The summed E-state index contributed by atoms with van der Waals surface area (Å²) in [5.41, 5.74) is 5.84. The van der Waals surface area contributed by atoms with Crippen LogP contribution in [0.2, 0.25) is 25.7 Å². The van der Waals surface area contributed by atoms with E-state index in [1.54, 1.807) is 17.2 Å². The fraction of sp³-hybridized carbons (Fsp3) is 0.258. The summed E-state index contributed by atoms with van der Waals surface area (Å²) in [6.07, 6.45) is 1.70. The number of rotatable bonds is 9. The molecule has 0 fully saturated rings. The van der Waals surface area contributed by atoms with Gasteiger partial charge in [-0.05, 0) is 59.2 Å². The minimum Gasteiger partial charge on any atom is -0.361 e. The first-order valence-corrected chi connectivity index (χ1v) is 18.9. The van der Waals surface area contributed by atoms with E-state index in [-0.39, 0.29) is 12.6 Å². The van der Waals surface area contributed by atoms with Gasteiger partial charge in [-0.2, -0.15) is 5.26 Å². The number of thiazole rings is 1. The van der Waals surface area contributed by atoms with Crippen molar-refractivity contribution in [1.29, 1.82) is 5.26 Å². The number of carbonyl (C=O) groups is 1. The summed E-state index contributed by atoms with van der Waals surface area (Å²) in [6, 6.07) is 18.3. The molecule has 5 aromatic rings. The third-order valence-electron chi connectivity index (χ3n) is 6.72. The molecular formula is C31H31BrN6O2SSi. The highest BCUT2D eigenvalue weighted by Gasteiger charge is 2.27. The van der Waals surface area contributed by atoms with Gasteiger partial charge in [-0.15, -0.1) is 11.3 Å². The second kappa shape index (κ2) is 12.3. The molecule has 1 aromatic carbocycles. The van der Waals surface area contributed by atoms with Gasteiger partial charge in [0.1, 0.15) is 33.7 Å². The van der Waals surface area contributed by atoms with Crippen molar-refractivity contribution in [2.24, 2.45) is 0 Å². The number of hydrogen-bond donors (Lipinski definition) is 0. The number of amides is 1. The number of fused-ring (bicyclic) bond motifs is 1. The Labute approximate surface area is 258 Å². The van der Waals surface area contributed by atoms with E-state index < -0.39 is 8.07 Å². The van der Waals surface area contributed by atoms with Crippen molar-refractivity contribution >= 4 is 63.8 Å². The summed E-state index contributed by atoms with van der Waals surface area (Å²) in [6.45, 7) is 11.3. The number of hydrogen-bond acceptors (Lipinski definition) is 7. The Bertz CT molecular complexity index is 1810. The van der Waals surface area contributed by atoms with Gasteiger partial charge in [0.15, 0.2) is 0 Å². The molecule has 0 atom stereocenters. The normalized spacial score (nSPS) is 11.5. The summed E-state index contributed by atoms with van der Waals surface area (Å²) >= 11 is 5.04. The zero-order chi connectivity index (χ0) is 30.0. The van der Waals surface area contributed by atoms with E-state index in [0.29, 0.717) is 33.6 Å². The van der Waals surface area contributed by atoms with Crippen LogP contribution in [-0.2, 0) is 16.3 Å². The molecule has 0 saturated carbocycles. The van der Waals surface area contributed by atoms with Crippen LogP contribution in [0.4, 0.5) is 11.5 Å². The number of aromatic nitrogens is 4. The molecule has 42 heavy (non-hydrogen) atoms. The SMILES string of the molecule is CC(=O)N(c1ccccc1)c1cc(-c2c(-c3nc(C)cs3)c3nc(Br)cc(C#N)c3n2COCC[Si](C)(C)C)ccn1. The molecule has 0 radical (unpaired) electrons. The first-order chi connectivity index (χ1) is 20.1. The predicted octanol–water partition coefficient (Wildman–Crippen LogP) is 8.16. The summed E-state index contributed by atoms with van der Waals surface area (Å²) in [5, 5.41) is 13.0. The third kappa shape index (κ3) is 6.22. The Balaban J connectivity index is 1.77. The first kappa shape index (κ1) is 29.8. The van der Waals surface area contributed by atoms with Crippen LogP contribution in [0.25, 0.3) is 32.9 Å². The lowest BCUT2D eigenvalue weighted by Crippen LogP contribution is -2.23. The topological polar surface area (TPSA) is 96.9 Å². The van der Waals surface area contributed by atoms with Gasteiger partial charge in [-0.25, -0.2) is 15.0 Å². The average molecular weight is 660 g/mol. The number of nitrogens with zero attached hydrogens (tertiary/aromatic N) is 6. The Morgan fingerprint density at radius 3 is 2.57 bits per heavy atom. The van der Waals surface area contributed by atoms with Crippen LogP contribution < -0.4 is 4.90 Å². The molecular weight excluding hydrogens is 628 g/mol. The number of halogens is 1. The molecule has 0 unspecified atom stereocenters. The second-order valence-electron chi connectivity index (χ2n) is 11.2. The molecule has 0 aliphatic heterocycles. The summed E-state index contributed by atoms with van der Waals surface area (Å²) in [4.78, 5) is 28.7. The van der Waals surface area contributed by atoms with Crippen molar-refractivity contribution < 1.29 is 9.53 Å². The molecule has 0 aliphatic rings. The standard InChI is InChI=1S/C31H31BrN6O2SSi/c1-20-18-41-31(35-20)27-28-30(23(17-33)15-25(32)36-28)37(19-40-13-14-42(3,4)5)29(27)22-11-12-34-26(16-22)38(21(2)39)24-9-7-6-8-10-24/h6-12,15-16,18H,13-14,19H2,1-5H3. The van der Waals surface area contributed by atoms with Crippen molar-refractivity contribution in [2.45, 2.75) is 46.3 Å². The molecule has 4 aromatic heterocycles. The van der Waals surface area contributed by atoms with Crippen LogP contribution in [0.3, 0.4) is 0 Å². The van der Waals surface area contributed by atoms with Gasteiger partial charge in [0.05, 0.1) is 28.0 Å². The van der Waals surface area contributed by atoms with E-state index >= 15 is 0 Å². The van der Waals surface area contributed by atoms with Crippen LogP contribution in [0, 0.1) is 18.3 Å². The van der Waals surface area contributed by atoms with Crippen molar-refractivity contribution in [3.8, 4) is 27.9 Å². The number of aryl methyl sites for hydroxylation is 1. The molecule has 0 aliphatic carbocycles. The molecule has 0 bridgehead atoms. The van der Waals surface area contributed by atoms with E-state index in [9.17, 15) is 10.1 Å². The molecule has 11 heteroatoms. The molecule has 8 nitrogen and oxygen atoms in total. The van der Waals surface area contributed by atoms with Crippen molar-refractivity contribution in [3.63, 3.8) is 0 Å². The highest BCUT2D eigenvalue weighted by atomic mass is 79.9. The highest BCUT2D eigenvalue weighted by molar-refractivity contribution is 9.10. The maximum atomic E-state index is 12.9. The second-order valence-corrected chi connectivity index (χ2v) is 18.5. The smallest absolute Gasteiger partial charge is 0.229 e. The maximum absolute atomic E-state index is 12.9. The molecule has 5 rings (SSSR count). The summed E-state index contributed by atoms with van der Waals surface area (Å²) < 4.78 is 8.87. The third-order valence-corrected chi connectivity index (χ3v) is 9.81. The molecule has 4 heterocycles. The van der Waals surface area contributed by atoms with E-state index in [2.05, 4.69) is 46.6 Å². The van der Waals surface area contributed by atoms with Crippen LogP contribution >= 0.6 is 27.3 Å². The molecule has 1 amide bonds. The van der Waals surface area contributed by atoms with E-state index in [4.69, 9.17) is 14.7 Å². The minimum atomic E-state index is -1.32. The van der Waals surface area contributed by atoms with Crippen LogP contribution in [0.1, 0.15) is 18.2 Å². The number of anilines is 2. The van der Waals surface area contributed by atoms with E-state index in [0.717, 1.165) is 39.3 Å². The van der Waals surface area contributed by atoms with Crippen molar-refractivity contribution in [1.82, 2.24) is 19.5 Å². The number of nitriles is 1. The zero-order valence-corrected chi connectivity index (χ0v) is 27.6. The van der Waals surface area contributed by atoms with Crippen LogP contribution in [-0.4, -0.2) is 40.1 Å². The Kier molecular flexibility index (Phi) is 8.70. The van der Waals surface area contributed by atoms with Gasteiger partial charge in [0, 0.05) is 44.4 Å². The number of para-hydroxylation sites is 1. The van der Waals surface area contributed by atoms with E-state index in [1.165, 1.54) is 18.3 Å². The van der Waals surface area contributed by atoms with Gasteiger partial charge in [0.25, 0.3) is 0 Å². The quantitative estimate of drug-likeness (QED) is 0.0900. The lowest BCUT2D eigenvalue weighted by Gasteiger charge is -2.21. The van der Waals surface area contributed by atoms with Crippen LogP contribution in [0.15, 0.2) is 64.7 Å². The Morgan fingerprint density at radius 2 is 1.93 bits per heavy atom. The van der Waals surface area contributed by atoms with Crippen molar-refractivity contribution in [2.75, 3.05) is 11.5 Å². The Hall–Kier alpha value is -3.69. The fourth-order valence-corrected chi connectivity index (χ4v) is 6.78. The Morgan fingerprint density at radius 1 is 1.17 bits per heavy atom. The van der Waals surface area contributed by atoms with Gasteiger partial charge < -0.3 is 9.30 Å². The minimum absolute atomic E-state index is 0.158. The fourth-order valence-electron chi connectivity index (χ4n) is 4.77. The van der Waals surface area contributed by atoms with E-state index in [1.807, 2.05) is 59.3 Å². The monoisotopic (exact) mass is 658 g/mol. The number of carbonyl (C=O) groups excluding carboxylic acids is 1. The van der Waals surface area contributed by atoms with Gasteiger partial charge in [-0.1, -0.05) is 37.8 Å². The maximum Gasteiger partial charge on any atom is 0.229 e. The lowest BCUT2D eigenvalue weighted by molar-refractivity contribution is -0.115. The summed E-state index contributed by atoms with van der Waals surface area (Å²) in [5.74, 6) is 0.327. The molecule has 0 N–H and O–H groups in total. The molecule has 214 valence electrons. The average Bonchev–Trinajstić information content (AvgIpc) is 3.51. The summed E-state index contributed by atoms with van der Waals surface area (Å²) in [7, 11) is -1.32. The first-order valence-electron chi connectivity index (χ1n) is 13.5. The number of benzene rings is 1. The zero-order valence-electron chi connectivity index (χ0n) is 24.2. The number of ether oxygens (including phenoxy) is 1. The van der Waals surface area contributed by atoms with Gasteiger partial charge >= 0.3 is 0 Å². The lowest BCUT2D eigenvalue weighted by atomic mass is 10.1. The number of pyridine rings is 2. The van der Waals surface area contributed by atoms with Crippen LogP contribution in [0.5, 0.6) is 0 Å². The highest BCUT2D eigenvalue weighted by Crippen LogP contribution is 2.43. The van der Waals surface area contributed by atoms with Gasteiger partial charge in [-0.3, -0.25) is 9.69 Å². The molecule has 0 spiro atoms. The van der Waals surface area contributed by atoms with Crippen molar-refractivity contribution in [3.05, 3.63) is 76.0 Å². The van der Waals surface area contributed by atoms with Gasteiger partial charge in [0.2, 0.25) is 5.91 Å². The largest absolute Gasteiger partial charge is 0.361 e. The predicted molar refractivity (Wildman–Crippen MR) is 175 cm³/mol. The molecule has 0 saturated heterocycles.